The van der Waals surface area contributed by atoms with Gasteiger partial charge in [0.25, 0.3) is 0 Å². The Kier molecular flexibility index (Phi) is 5.27. The molecule has 4 atom stereocenters. The summed E-state index contributed by atoms with van der Waals surface area (Å²) in [6.45, 7) is 2.22. The van der Waals surface area contributed by atoms with Crippen molar-refractivity contribution in [3.05, 3.63) is 58.7 Å². The number of carbonyl (C=O) groups is 1. The van der Waals surface area contributed by atoms with Crippen LogP contribution in [0.25, 0.3) is 6.08 Å². The molecule has 0 aromatic heterocycles. The topological polar surface area (TPSA) is 44.8 Å². The number of ketones is 1. The molecule has 0 aliphatic heterocycles. The number of rotatable bonds is 4. The normalized spacial score (nSPS) is 29.8. The van der Waals surface area contributed by atoms with Crippen molar-refractivity contribution in [3.63, 3.8) is 0 Å². The summed E-state index contributed by atoms with van der Waals surface area (Å²) in [5.41, 5.74) is 4.62. The molecule has 2 aromatic carbocycles. The standard InChI is InChI=1S/C28H32O4/c1-28-12-11-22-21-9-7-20(30-2)15-18(21)6-8-23(22)24(28)16-19(27(28)29)13-17-5-10-25(31-3)26(14-17)32-4/h5,7,9-10,13-15,22-24H,6,8,11-12,16H2,1-4H3/b19-13+/t22-,23+,24+,28-/m1/s1. The fourth-order valence-electron chi connectivity index (χ4n) is 6.63. The van der Waals surface area contributed by atoms with Gasteiger partial charge >= 0.3 is 0 Å². The van der Waals surface area contributed by atoms with Crippen molar-refractivity contribution in [1.82, 2.24) is 0 Å². The summed E-state index contributed by atoms with van der Waals surface area (Å²) < 4.78 is 16.3. The number of hydrogen-bond donors (Lipinski definition) is 0. The van der Waals surface area contributed by atoms with E-state index in [-0.39, 0.29) is 5.41 Å². The van der Waals surface area contributed by atoms with Crippen LogP contribution in [0.1, 0.15) is 55.2 Å². The van der Waals surface area contributed by atoms with Gasteiger partial charge in [-0.15, -0.1) is 0 Å². The second kappa shape index (κ2) is 7.99. The third-order valence-corrected chi connectivity index (χ3v) is 8.32. The third kappa shape index (κ3) is 3.23. The van der Waals surface area contributed by atoms with Gasteiger partial charge in [-0.3, -0.25) is 4.79 Å². The second-order valence-corrected chi connectivity index (χ2v) is 9.75. The van der Waals surface area contributed by atoms with Gasteiger partial charge in [0.15, 0.2) is 17.3 Å². The van der Waals surface area contributed by atoms with Crippen LogP contribution in [0.5, 0.6) is 17.2 Å². The summed E-state index contributed by atoms with van der Waals surface area (Å²) in [5, 5.41) is 0. The molecule has 2 aromatic rings. The summed E-state index contributed by atoms with van der Waals surface area (Å²) in [6.07, 6.45) is 7.23. The Hall–Kier alpha value is -2.75. The molecule has 0 heterocycles. The monoisotopic (exact) mass is 432 g/mol. The largest absolute Gasteiger partial charge is 0.497 e. The maximum atomic E-state index is 13.6. The lowest BCUT2D eigenvalue weighted by Crippen LogP contribution is -2.42. The fourth-order valence-corrected chi connectivity index (χ4v) is 6.63. The minimum atomic E-state index is -0.243. The number of benzene rings is 2. The molecule has 0 unspecified atom stereocenters. The van der Waals surface area contributed by atoms with E-state index in [0.717, 1.165) is 49.0 Å². The van der Waals surface area contributed by atoms with E-state index in [1.54, 1.807) is 21.3 Å². The van der Waals surface area contributed by atoms with E-state index in [2.05, 4.69) is 31.2 Å². The summed E-state index contributed by atoms with van der Waals surface area (Å²) >= 11 is 0. The van der Waals surface area contributed by atoms with Crippen molar-refractivity contribution in [1.29, 1.82) is 0 Å². The molecule has 0 spiro atoms. The number of methoxy groups -OCH3 is 3. The van der Waals surface area contributed by atoms with E-state index in [0.29, 0.717) is 35.0 Å². The number of Topliss-reactive ketones (excluding diaryl/α,β-unsaturated/α-hetero) is 1. The minimum absolute atomic E-state index is 0.243. The molecule has 0 amide bonds. The Balaban J connectivity index is 1.45. The van der Waals surface area contributed by atoms with Gasteiger partial charge in [0.05, 0.1) is 21.3 Å². The first-order valence-corrected chi connectivity index (χ1v) is 11.6. The van der Waals surface area contributed by atoms with Crippen LogP contribution in [0.3, 0.4) is 0 Å². The first-order valence-electron chi connectivity index (χ1n) is 11.6. The van der Waals surface area contributed by atoms with Crippen LogP contribution in [-0.2, 0) is 11.2 Å². The zero-order valence-corrected chi connectivity index (χ0v) is 19.4. The molecule has 3 aliphatic rings. The maximum absolute atomic E-state index is 13.6. The molecule has 0 bridgehead atoms. The predicted octanol–water partition coefficient (Wildman–Crippen LogP) is 5.83. The van der Waals surface area contributed by atoms with Crippen LogP contribution >= 0.6 is 0 Å². The summed E-state index contributed by atoms with van der Waals surface area (Å²) in [5.74, 6) is 4.21. The number of hydrogen-bond acceptors (Lipinski definition) is 4. The third-order valence-electron chi connectivity index (χ3n) is 8.32. The average Bonchev–Trinajstić information content (AvgIpc) is 3.08. The Labute approximate surface area is 190 Å². The lowest BCUT2D eigenvalue weighted by molar-refractivity contribution is -0.127. The smallest absolute Gasteiger partial charge is 0.165 e. The van der Waals surface area contributed by atoms with Crippen molar-refractivity contribution >= 4 is 11.9 Å². The van der Waals surface area contributed by atoms with Gasteiger partial charge in [-0.05, 0) is 102 Å². The quantitative estimate of drug-likeness (QED) is 0.570. The van der Waals surface area contributed by atoms with Crippen LogP contribution < -0.4 is 14.2 Å². The Morgan fingerprint density at radius 1 is 0.969 bits per heavy atom. The molecule has 5 rings (SSSR count). The van der Waals surface area contributed by atoms with Crippen molar-refractivity contribution in [2.45, 2.75) is 44.9 Å². The van der Waals surface area contributed by atoms with E-state index in [1.807, 2.05) is 18.2 Å². The number of carbonyl (C=O) groups excluding carboxylic acids is 1. The Morgan fingerprint density at radius 3 is 2.53 bits per heavy atom. The Bertz CT molecular complexity index is 1080. The van der Waals surface area contributed by atoms with Gasteiger partial charge in [-0.2, -0.15) is 0 Å². The van der Waals surface area contributed by atoms with Gasteiger partial charge in [0.1, 0.15) is 5.75 Å². The van der Waals surface area contributed by atoms with Gasteiger partial charge in [-0.25, -0.2) is 0 Å². The van der Waals surface area contributed by atoms with Crippen LogP contribution in [0.4, 0.5) is 0 Å². The molecule has 2 saturated carbocycles. The lowest BCUT2D eigenvalue weighted by Gasteiger charge is -2.48. The molecule has 168 valence electrons. The van der Waals surface area contributed by atoms with Crippen LogP contribution in [0.2, 0.25) is 0 Å². The highest BCUT2D eigenvalue weighted by atomic mass is 16.5. The molecule has 0 N–H and O–H groups in total. The fraction of sp³-hybridized carbons (Fsp3) is 0.464. The average molecular weight is 433 g/mol. The maximum Gasteiger partial charge on any atom is 0.165 e. The van der Waals surface area contributed by atoms with Crippen LogP contribution in [0.15, 0.2) is 42.0 Å². The summed E-state index contributed by atoms with van der Waals surface area (Å²) in [7, 11) is 5.01. The van der Waals surface area contributed by atoms with Crippen molar-refractivity contribution in [2.75, 3.05) is 21.3 Å². The van der Waals surface area contributed by atoms with Crippen molar-refractivity contribution in [3.8, 4) is 17.2 Å². The molecular weight excluding hydrogens is 400 g/mol. The van der Waals surface area contributed by atoms with Crippen molar-refractivity contribution < 1.29 is 19.0 Å². The molecule has 0 radical (unpaired) electrons. The molecule has 4 nitrogen and oxygen atoms in total. The first-order chi connectivity index (χ1) is 15.5. The minimum Gasteiger partial charge on any atom is -0.497 e. The zero-order chi connectivity index (χ0) is 22.5. The van der Waals surface area contributed by atoms with Crippen molar-refractivity contribution in [2.24, 2.45) is 17.3 Å². The van der Waals surface area contributed by atoms with Gasteiger partial charge in [0, 0.05) is 5.41 Å². The van der Waals surface area contributed by atoms with Crippen LogP contribution in [0, 0.1) is 17.3 Å². The molecule has 2 fully saturated rings. The molecular formula is C28H32O4. The van der Waals surface area contributed by atoms with E-state index in [4.69, 9.17) is 14.2 Å². The first kappa shape index (κ1) is 21.1. The lowest BCUT2D eigenvalue weighted by atomic mass is 9.55. The highest BCUT2D eigenvalue weighted by Gasteiger charge is 2.56. The van der Waals surface area contributed by atoms with Gasteiger partial charge < -0.3 is 14.2 Å². The van der Waals surface area contributed by atoms with E-state index >= 15 is 0 Å². The van der Waals surface area contributed by atoms with E-state index in [9.17, 15) is 4.79 Å². The van der Waals surface area contributed by atoms with Gasteiger partial charge in [-0.1, -0.05) is 19.1 Å². The predicted molar refractivity (Wildman–Crippen MR) is 126 cm³/mol. The van der Waals surface area contributed by atoms with Gasteiger partial charge in [0.2, 0.25) is 0 Å². The molecule has 4 heteroatoms. The second-order valence-electron chi connectivity index (χ2n) is 9.75. The highest BCUT2D eigenvalue weighted by Crippen LogP contribution is 2.61. The SMILES string of the molecule is COc1ccc2c(c1)CC[C@H]1[C@@H]2CC[C@@]2(C)C(=O)/C(=C/c3ccc(OC)c(OC)c3)C[C@@H]12. The Morgan fingerprint density at radius 2 is 1.78 bits per heavy atom. The summed E-state index contributed by atoms with van der Waals surface area (Å²) in [4.78, 5) is 13.6. The molecule has 0 saturated heterocycles. The van der Waals surface area contributed by atoms with Crippen LogP contribution in [-0.4, -0.2) is 27.1 Å². The number of ether oxygens (including phenoxy) is 3. The summed E-state index contributed by atoms with van der Waals surface area (Å²) in [6, 6.07) is 12.4. The van der Waals surface area contributed by atoms with E-state index in [1.165, 1.54) is 11.1 Å². The molecule has 32 heavy (non-hydrogen) atoms. The highest BCUT2D eigenvalue weighted by molar-refractivity contribution is 6.06. The number of aryl methyl sites for hydroxylation is 1. The van der Waals surface area contributed by atoms with E-state index < -0.39 is 0 Å². The zero-order valence-electron chi connectivity index (χ0n) is 19.4. The number of allylic oxidation sites excluding steroid dienone is 1. The number of fused-ring (bicyclic) bond motifs is 5. The molecule has 3 aliphatic carbocycles.